The standard InChI is InChI=1S/C23H26N4/c1-16(2)10-18-4-5-19(11-17(18)3)23-12-22(6-8-24-23)27-9-7-20(15-27)21-13-25-26-14-21/h4-6,8,10-14,20H,7,9,15H2,1-3H3,(H,25,26). The summed E-state index contributed by atoms with van der Waals surface area (Å²) in [5, 5.41) is 7.02. The Hall–Kier alpha value is -2.88. The van der Waals surface area contributed by atoms with Gasteiger partial charge in [-0.25, -0.2) is 0 Å². The van der Waals surface area contributed by atoms with Crippen LogP contribution in [0.4, 0.5) is 5.69 Å². The van der Waals surface area contributed by atoms with Gasteiger partial charge in [0, 0.05) is 42.7 Å². The van der Waals surface area contributed by atoms with Crippen LogP contribution in [0.1, 0.15) is 42.9 Å². The van der Waals surface area contributed by atoms with Crippen molar-refractivity contribution in [1.82, 2.24) is 15.2 Å². The Morgan fingerprint density at radius 2 is 2.11 bits per heavy atom. The zero-order valence-corrected chi connectivity index (χ0v) is 16.2. The van der Waals surface area contributed by atoms with Gasteiger partial charge in [0.25, 0.3) is 0 Å². The van der Waals surface area contributed by atoms with Gasteiger partial charge in [-0.15, -0.1) is 0 Å². The van der Waals surface area contributed by atoms with Crippen molar-refractivity contribution in [3.8, 4) is 11.3 Å². The molecule has 1 aromatic carbocycles. The molecule has 0 spiro atoms. The number of pyridine rings is 1. The van der Waals surface area contributed by atoms with Gasteiger partial charge in [-0.3, -0.25) is 10.1 Å². The molecule has 1 aliphatic rings. The Labute approximate surface area is 161 Å². The summed E-state index contributed by atoms with van der Waals surface area (Å²) in [7, 11) is 0. The number of rotatable bonds is 4. The highest BCUT2D eigenvalue weighted by Gasteiger charge is 2.25. The minimum atomic E-state index is 0.547. The second kappa shape index (κ2) is 7.39. The van der Waals surface area contributed by atoms with E-state index in [0.29, 0.717) is 5.92 Å². The fourth-order valence-electron chi connectivity index (χ4n) is 3.83. The monoisotopic (exact) mass is 358 g/mol. The molecule has 1 N–H and O–H groups in total. The fraction of sp³-hybridized carbons (Fsp3) is 0.304. The number of aryl methyl sites for hydroxylation is 1. The molecule has 4 rings (SSSR count). The minimum Gasteiger partial charge on any atom is -0.371 e. The second-order valence-corrected chi connectivity index (χ2v) is 7.66. The van der Waals surface area contributed by atoms with Gasteiger partial charge in [-0.2, -0.15) is 5.10 Å². The quantitative estimate of drug-likeness (QED) is 0.697. The molecule has 1 atom stereocenters. The number of benzene rings is 1. The lowest BCUT2D eigenvalue weighted by Crippen LogP contribution is -2.19. The average Bonchev–Trinajstić information content (AvgIpc) is 3.35. The van der Waals surface area contributed by atoms with Crippen LogP contribution in [0.5, 0.6) is 0 Å². The van der Waals surface area contributed by atoms with E-state index in [1.807, 2.05) is 18.6 Å². The molecule has 0 bridgehead atoms. The summed E-state index contributed by atoms with van der Waals surface area (Å²) in [4.78, 5) is 7.08. The Balaban J connectivity index is 1.56. The summed E-state index contributed by atoms with van der Waals surface area (Å²) >= 11 is 0. The van der Waals surface area contributed by atoms with Crippen molar-refractivity contribution in [3.05, 3.63) is 71.2 Å². The normalized spacial score (nSPS) is 16.6. The Morgan fingerprint density at radius 1 is 1.22 bits per heavy atom. The summed E-state index contributed by atoms with van der Waals surface area (Å²) in [5.74, 6) is 0.547. The van der Waals surface area contributed by atoms with Gasteiger partial charge < -0.3 is 4.90 Å². The first-order valence-electron chi connectivity index (χ1n) is 9.56. The maximum atomic E-state index is 4.62. The number of hydrogen-bond acceptors (Lipinski definition) is 3. The summed E-state index contributed by atoms with van der Waals surface area (Å²) in [5.41, 5.74) is 8.62. The summed E-state index contributed by atoms with van der Waals surface area (Å²) in [6, 6.07) is 10.9. The first-order valence-corrected chi connectivity index (χ1v) is 9.56. The molecule has 0 aliphatic carbocycles. The van der Waals surface area contributed by atoms with Gasteiger partial charge in [0.1, 0.15) is 0 Å². The Bertz CT molecular complexity index is 952. The van der Waals surface area contributed by atoms with Crippen molar-refractivity contribution < 1.29 is 0 Å². The van der Waals surface area contributed by atoms with Crippen LogP contribution in [0.25, 0.3) is 17.3 Å². The molecule has 1 fully saturated rings. The van der Waals surface area contributed by atoms with Crippen LogP contribution in [0.2, 0.25) is 0 Å². The molecule has 27 heavy (non-hydrogen) atoms. The van der Waals surface area contributed by atoms with Crippen molar-refractivity contribution in [3.63, 3.8) is 0 Å². The van der Waals surface area contributed by atoms with Crippen LogP contribution in [0, 0.1) is 6.92 Å². The van der Waals surface area contributed by atoms with E-state index in [1.54, 1.807) is 0 Å². The zero-order chi connectivity index (χ0) is 18.8. The first-order chi connectivity index (χ1) is 13.1. The predicted octanol–water partition coefficient (Wildman–Crippen LogP) is 5.20. The van der Waals surface area contributed by atoms with Crippen LogP contribution in [0.3, 0.4) is 0 Å². The van der Waals surface area contributed by atoms with Crippen molar-refractivity contribution in [2.75, 3.05) is 18.0 Å². The lowest BCUT2D eigenvalue weighted by atomic mass is 10.0. The minimum absolute atomic E-state index is 0.547. The molecule has 4 nitrogen and oxygen atoms in total. The molecule has 1 unspecified atom stereocenters. The highest BCUT2D eigenvalue weighted by Crippen LogP contribution is 2.32. The third kappa shape index (κ3) is 3.80. The molecule has 1 saturated heterocycles. The highest BCUT2D eigenvalue weighted by molar-refractivity contribution is 5.68. The molecule has 3 heterocycles. The molecular formula is C23H26N4. The van der Waals surface area contributed by atoms with Crippen molar-refractivity contribution in [2.24, 2.45) is 0 Å². The van der Waals surface area contributed by atoms with Gasteiger partial charge in [0.2, 0.25) is 0 Å². The van der Waals surface area contributed by atoms with Crippen molar-refractivity contribution >= 4 is 11.8 Å². The van der Waals surface area contributed by atoms with E-state index in [2.05, 4.69) is 77.3 Å². The molecule has 0 saturated carbocycles. The number of hydrogen-bond donors (Lipinski definition) is 1. The van der Waals surface area contributed by atoms with E-state index in [1.165, 1.54) is 33.5 Å². The van der Waals surface area contributed by atoms with Crippen molar-refractivity contribution in [1.29, 1.82) is 0 Å². The number of aromatic amines is 1. The average molecular weight is 358 g/mol. The summed E-state index contributed by atoms with van der Waals surface area (Å²) < 4.78 is 0. The summed E-state index contributed by atoms with van der Waals surface area (Å²) in [6.07, 6.45) is 9.28. The molecule has 4 heteroatoms. The Kier molecular flexibility index (Phi) is 4.80. The molecule has 2 aromatic heterocycles. The number of aromatic nitrogens is 3. The van der Waals surface area contributed by atoms with Crippen LogP contribution in [-0.2, 0) is 0 Å². The topological polar surface area (TPSA) is 44.8 Å². The fourth-order valence-corrected chi connectivity index (χ4v) is 3.83. The van der Waals surface area contributed by atoms with Crippen molar-refractivity contribution in [2.45, 2.75) is 33.1 Å². The van der Waals surface area contributed by atoms with E-state index in [9.17, 15) is 0 Å². The van der Waals surface area contributed by atoms with E-state index < -0.39 is 0 Å². The maximum Gasteiger partial charge on any atom is 0.0722 e. The van der Waals surface area contributed by atoms with Gasteiger partial charge in [-0.05, 0) is 62.1 Å². The van der Waals surface area contributed by atoms with Crippen LogP contribution < -0.4 is 4.90 Å². The van der Waals surface area contributed by atoms with Gasteiger partial charge in [0.15, 0.2) is 0 Å². The van der Waals surface area contributed by atoms with E-state index in [4.69, 9.17) is 0 Å². The molecule has 3 aromatic rings. The van der Waals surface area contributed by atoms with Crippen LogP contribution >= 0.6 is 0 Å². The lowest BCUT2D eigenvalue weighted by Gasteiger charge is -2.19. The van der Waals surface area contributed by atoms with Gasteiger partial charge >= 0.3 is 0 Å². The molecular weight excluding hydrogens is 332 g/mol. The predicted molar refractivity (Wildman–Crippen MR) is 112 cm³/mol. The molecule has 138 valence electrons. The maximum absolute atomic E-state index is 4.62. The zero-order valence-electron chi connectivity index (χ0n) is 16.2. The lowest BCUT2D eigenvalue weighted by molar-refractivity contribution is 0.776. The van der Waals surface area contributed by atoms with E-state index in [0.717, 1.165) is 25.2 Å². The van der Waals surface area contributed by atoms with Crippen LogP contribution in [0.15, 0.2) is 54.5 Å². The number of allylic oxidation sites excluding steroid dienone is 1. The van der Waals surface area contributed by atoms with Crippen LogP contribution in [-0.4, -0.2) is 28.3 Å². The number of nitrogens with zero attached hydrogens (tertiary/aromatic N) is 3. The van der Waals surface area contributed by atoms with E-state index >= 15 is 0 Å². The van der Waals surface area contributed by atoms with Gasteiger partial charge in [-0.1, -0.05) is 23.8 Å². The molecule has 1 aliphatic heterocycles. The summed E-state index contributed by atoms with van der Waals surface area (Å²) in [6.45, 7) is 8.52. The largest absolute Gasteiger partial charge is 0.371 e. The Morgan fingerprint density at radius 3 is 2.85 bits per heavy atom. The molecule has 0 radical (unpaired) electrons. The number of anilines is 1. The third-order valence-electron chi connectivity index (χ3n) is 5.30. The number of nitrogens with one attached hydrogen (secondary N) is 1. The first kappa shape index (κ1) is 17.5. The van der Waals surface area contributed by atoms with E-state index in [-0.39, 0.29) is 0 Å². The second-order valence-electron chi connectivity index (χ2n) is 7.66. The third-order valence-corrected chi connectivity index (χ3v) is 5.30. The molecule has 0 amide bonds. The highest BCUT2D eigenvalue weighted by atomic mass is 15.2. The smallest absolute Gasteiger partial charge is 0.0722 e. The number of H-pyrrole nitrogens is 1. The SMILES string of the molecule is CC(C)=Cc1ccc(-c2cc(N3CCC(c4cn[nH]c4)C3)ccn2)cc1C. The van der Waals surface area contributed by atoms with Gasteiger partial charge in [0.05, 0.1) is 11.9 Å².